The van der Waals surface area contributed by atoms with Crippen molar-refractivity contribution in [1.82, 2.24) is 24.3 Å². The molecule has 2 rings (SSSR count). The third kappa shape index (κ3) is 6.17. The second kappa shape index (κ2) is 11.1. The van der Waals surface area contributed by atoms with Gasteiger partial charge in [0.15, 0.2) is 5.96 Å². The van der Waals surface area contributed by atoms with Crippen LogP contribution >= 0.6 is 24.0 Å². The Morgan fingerprint density at radius 3 is 2.40 bits per heavy atom. The molecule has 0 bridgehead atoms. The maximum atomic E-state index is 12.6. The average Bonchev–Trinajstić information content (AvgIpc) is 3.02. The fourth-order valence-electron chi connectivity index (χ4n) is 3.15. The fourth-order valence-corrected chi connectivity index (χ4v) is 4.27. The number of rotatable bonds is 7. The van der Waals surface area contributed by atoms with Gasteiger partial charge in [0.1, 0.15) is 0 Å². The summed E-state index contributed by atoms with van der Waals surface area (Å²) in [5, 5.41) is 7.83. The zero-order chi connectivity index (χ0) is 21.8. The summed E-state index contributed by atoms with van der Waals surface area (Å²) < 4.78 is 28.2. The van der Waals surface area contributed by atoms with Crippen molar-refractivity contribution in [1.29, 1.82) is 0 Å². The lowest BCUT2D eigenvalue weighted by molar-refractivity contribution is 0.472. The van der Waals surface area contributed by atoms with Gasteiger partial charge in [0.2, 0.25) is 10.0 Å². The van der Waals surface area contributed by atoms with Crippen LogP contribution in [-0.2, 0) is 30.2 Å². The topological polar surface area (TPSA) is 82.8 Å². The normalized spacial score (nSPS) is 12.2. The summed E-state index contributed by atoms with van der Waals surface area (Å²) in [6.45, 7) is 5.26. The molecule has 0 fully saturated rings. The highest BCUT2D eigenvalue weighted by Crippen LogP contribution is 2.20. The van der Waals surface area contributed by atoms with E-state index in [1.807, 2.05) is 42.0 Å². The summed E-state index contributed by atoms with van der Waals surface area (Å²) in [6.07, 6.45) is 2.03. The van der Waals surface area contributed by atoms with E-state index in [1.165, 1.54) is 18.4 Å². The van der Waals surface area contributed by atoms with E-state index in [0.29, 0.717) is 35.4 Å². The number of sulfonamides is 1. The fraction of sp³-hybridized carbons (Fsp3) is 0.500. The minimum atomic E-state index is -3.51. The number of benzene rings is 1. The molecule has 1 aromatic heterocycles. The smallest absolute Gasteiger partial charge is 0.242 e. The van der Waals surface area contributed by atoms with Crippen LogP contribution in [-0.4, -0.2) is 61.6 Å². The number of halogens is 1. The monoisotopic (exact) mass is 548 g/mol. The first kappa shape index (κ1) is 26.4. The molecule has 0 spiro atoms. The molecule has 30 heavy (non-hydrogen) atoms. The molecule has 0 atom stereocenters. The molecule has 0 aliphatic carbocycles. The maximum Gasteiger partial charge on any atom is 0.242 e. The molecular formula is C20H33IN6O2S. The predicted molar refractivity (Wildman–Crippen MR) is 132 cm³/mol. The van der Waals surface area contributed by atoms with Crippen molar-refractivity contribution >= 4 is 40.0 Å². The van der Waals surface area contributed by atoms with E-state index in [9.17, 15) is 8.42 Å². The van der Waals surface area contributed by atoms with Crippen molar-refractivity contribution in [3.8, 4) is 0 Å². The Kier molecular flexibility index (Phi) is 9.76. The van der Waals surface area contributed by atoms with Crippen molar-refractivity contribution in [2.45, 2.75) is 37.8 Å². The Morgan fingerprint density at radius 2 is 1.83 bits per heavy atom. The van der Waals surface area contributed by atoms with Crippen LogP contribution in [0.4, 0.5) is 0 Å². The van der Waals surface area contributed by atoms with E-state index in [0.717, 1.165) is 11.3 Å². The van der Waals surface area contributed by atoms with Crippen molar-refractivity contribution in [3.63, 3.8) is 0 Å². The van der Waals surface area contributed by atoms with E-state index >= 15 is 0 Å². The highest BCUT2D eigenvalue weighted by atomic mass is 127. The molecule has 0 aliphatic heterocycles. The molecule has 0 amide bonds. The number of nitrogens with zero attached hydrogens (tertiary/aromatic N) is 5. The first-order valence-corrected chi connectivity index (χ1v) is 11.0. The number of aryl methyl sites for hydroxylation is 1. The number of aliphatic imine (C=N–C) groups is 1. The lowest BCUT2D eigenvalue weighted by atomic mass is 10.1. The molecule has 0 saturated heterocycles. The lowest BCUT2D eigenvalue weighted by Crippen LogP contribution is -2.38. The van der Waals surface area contributed by atoms with Gasteiger partial charge >= 0.3 is 0 Å². The van der Waals surface area contributed by atoms with Gasteiger partial charge in [0.05, 0.1) is 10.6 Å². The SMILES string of the molecule is CN=C(NCc1ccccc1S(=O)(=O)N(C)C)N(C)Cc1cn(C)nc1C(C)C.I. The molecule has 1 aromatic carbocycles. The van der Waals surface area contributed by atoms with Crippen molar-refractivity contribution in [3.05, 3.63) is 47.3 Å². The first-order valence-electron chi connectivity index (χ1n) is 9.52. The van der Waals surface area contributed by atoms with Crippen molar-refractivity contribution < 1.29 is 8.42 Å². The third-order valence-electron chi connectivity index (χ3n) is 4.63. The van der Waals surface area contributed by atoms with E-state index in [-0.39, 0.29) is 24.0 Å². The van der Waals surface area contributed by atoms with Gasteiger partial charge in [-0.15, -0.1) is 24.0 Å². The molecule has 0 unspecified atom stereocenters. The second-order valence-electron chi connectivity index (χ2n) is 7.52. The van der Waals surface area contributed by atoms with Gasteiger partial charge < -0.3 is 10.2 Å². The summed E-state index contributed by atoms with van der Waals surface area (Å²) in [7, 11) is 5.14. The van der Waals surface area contributed by atoms with Gasteiger partial charge in [-0.2, -0.15) is 5.10 Å². The zero-order valence-corrected chi connectivity index (χ0v) is 21.9. The van der Waals surface area contributed by atoms with E-state index in [2.05, 4.69) is 29.3 Å². The highest BCUT2D eigenvalue weighted by molar-refractivity contribution is 14.0. The zero-order valence-electron chi connectivity index (χ0n) is 18.7. The maximum absolute atomic E-state index is 12.6. The molecule has 0 radical (unpaired) electrons. The summed E-state index contributed by atoms with van der Waals surface area (Å²) in [4.78, 5) is 6.65. The number of hydrogen-bond donors (Lipinski definition) is 1. The Morgan fingerprint density at radius 1 is 1.20 bits per heavy atom. The van der Waals surface area contributed by atoms with E-state index in [4.69, 9.17) is 0 Å². The largest absolute Gasteiger partial charge is 0.352 e. The van der Waals surface area contributed by atoms with Crippen LogP contribution in [0.5, 0.6) is 0 Å². The highest BCUT2D eigenvalue weighted by Gasteiger charge is 2.21. The predicted octanol–water partition coefficient (Wildman–Crippen LogP) is 2.62. The third-order valence-corrected chi connectivity index (χ3v) is 6.55. The summed E-state index contributed by atoms with van der Waals surface area (Å²) in [6, 6.07) is 7.01. The quantitative estimate of drug-likeness (QED) is 0.327. The number of nitrogens with one attached hydrogen (secondary N) is 1. The van der Waals surface area contributed by atoms with E-state index < -0.39 is 10.0 Å². The Bertz CT molecular complexity index is 969. The lowest BCUT2D eigenvalue weighted by Gasteiger charge is -2.23. The molecule has 8 nitrogen and oxygen atoms in total. The minimum Gasteiger partial charge on any atom is -0.352 e. The van der Waals surface area contributed by atoms with Crippen LogP contribution in [0.2, 0.25) is 0 Å². The Labute approximate surface area is 197 Å². The van der Waals surface area contributed by atoms with E-state index in [1.54, 1.807) is 19.2 Å². The van der Waals surface area contributed by atoms with Gasteiger partial charge in [-0.3, -0.25) is 9.67 Å². The average molecular weight is 548 g/mol. The summed E-state index contributed by atoms with van der Waals surface area (Å²) >= 11 is 0. The van der Waals surface area contributed by atoms with Gasteiger partial charge in [0, 0.05) is 60.1 Å². The number of guanidine groups is 1. The molecular weight excluding hydrogens is 515 g/mol. The summed E-state index contributed by atoms with van der Waals surface area (Å²) in [5.41, 5.74) is 2.90. The molecule has 2 aromatic rings. The van der Waals surface area contributed by atoms with Gasteiger partial charge in [0.25, 0.3) is 0 Å². The Hall–Kier alpha value is -1.66. The van der Waals surface area contributed by atoms with Crippen LogP contribution in [0.25, 0.3) is 0 Å². The van der Waals surface area contributed by atoms with Crippen LogP contribution in [0.15, 0.2) is 40.4 Å². The first-order chi connectivity index (χ1) is 13.6. The van der Waals surface area contributed by atoms with Crippen molar-refractivity contribution in [2.24, 2.45) is 12.0 Å². The summed E-state index contributed by atoms with van der Waals surface area (Å²) in [5.74, 6) is 1.01. The van der Waals surface area contributed by atoms with Gasteiger partial charge in [-0.1, -0.05) is 32.0 Å². The van der Waals surface area contributed by atoms with Crippen LogP contribution in [0, 0.1) is 0 Å². The molecule has 0 saturated carbocycles. The molecule has 10 heteroatoms. The van der Waals surface area contributed by atoms with Gasteiger partial charge in [-0.05, 0) is 17.5 Å². The van der Waals surface area contributed by atoms with Crippen LogP contribution in [0.3, 0.4) is 0 Å². The number of aromatic nitrogens is 2. The molecule has 168 valence electrons. The standard InChI is InChI=1S/C20H32N6O2S.HI/c1-15(2)19-17(14-26(7)23-19)13-25(6)20(21-3)22-12-16-10-8-9-11-18(16)29(27,28)24(4)5;/h8-11,14-15H,12-13H2,1-7H3,(H,21,22);1H. The van der Waals surface area contributed by atoms with Crippen LogP contribution < -0.4 is 5.32 Å². The molecule has 1 N–H and O–H groups in total. The van der Waals surface area contributed by atoms with Crippen molar-refractivity contribution in [2.75, 3.05) is 28.2 Å². The number of hydrogen-bond acceptors (Lipinski definition) is 4. The van der Waals surface area contributed by atoms with Gasteiger partial charge in [-0.25, -0.2) is 12.7 Å². The molecule has 1 heterocycles. The minimum absolute atomic E-state index is 0. The Balaban J connectivity index is 0.00000450. The second-order valence-corrected chi connectivity index (χ2v) is 9.64. The van der Waals surface area contributed by atoms with Crippen LogP contribution in [0.1, 0.15) is 36.6 Å². The molecule has 0 aliphatic rings.